The Kier molecular flexibility index (Phi) is 4.75. The van der Waals surface area contributed by atoms with Crippen molar-refractivity contribution in [1.82, 2.24) is 5.32 Å². The van der Waals surface area contributed by atoms with Gasteiger partial charge in [0.15, 0.2) is 0 Å². The van der Waals surface area contributed by atoms with Gasteiger partial charge in [-0.1, -0.05) is 6.07 Å². The monoisotopic (exact) mass is 337 g/mol. The van der Waals surface area contributed by atoms with Crippen LogP contribution in [-0.2, 0) is 0 Å². The summed E-state index contributed by atoms with van der Waals surface area (Å²) in [4.78, 5) is 12.7. The summed E-state index contributed by atoms with van der Waals surface area (Å²) in [5.41, 5.74) is 3.59. The van der Waals surface area contributed by atoms with E-state index in [-0.39, 0.29) is 5.92 Å². The summed E-state index contributed by atoms with van der Waals surface area (Å²) in [5.74, 6) is 0.913. The summed E-state index contributed by atoms with van der Waals surface area (Å²) < 4.78 is 5.78. The van der Waals surface area contributed by atoms with Crippen LogP contribution >= 0.6 is 0 Å². The van der Waals surface area contributed by atoms with E-state index in [1.165, 1.54) is 0 Å². The minimum atomic E-state index is -1.01. The van der Waals surface area contributed by atoms with Crippen LogP contribution in [0.25, 0.3) is 0 Å². The Morgan fingerprint density at radius 1 is 1.32 bits per heavy atom. The van der Waals surface area contributed by atoms with E-state index in [9.17, 15) is 4.79 Å². The number of amides is 1. The first-order valence-electron chi connectivity index (χ1n) is 8.06. The molecule has 1 amide bonds. The lowest BCUT2D eigenvalue weighted by molar-refractivity contribution is 0.191. The second kappa shape index (κ2) is 7.14. The Hall–Kier alpha value is -3.20. The van der Waals surface area contributed by atoms with Crippen LogP contribution in [0.2, 0.25) is 0 Å². The Morgan fingerprint density at radius 2 is 2.04 bits per heavy atom. The molecule has 0 aliphatic carbocycles. The SMILES string of the molecule is CN(c1ccc(C#N)cc1)c1ccc2c(c1)OCC[C@H]2CNC(=O)O. The molecule has 25 heavy (non-hydrogen) atoms. The Balaban J connectivity index is 1.82. The van der Waals surface area contributed by atoms with Crippen molar-refractivity contribution in [3.63, 3.8) is 0 Å². The highest BCUT2D eigenvalue weighted by Crippen LogP contribution is 2.37. The zero-order chi connectivity index (χ0) is 17.8. The average Bonchev–Trinajstić information content (AvgIpc) is 2.65. The van der Waals surface area contributed by atoms with Crippen molar-refractivity contribution in [2.45, 2.75) is 12.3 Å². The van der Waals surface area contributed by atoms with Crippen molar-refractivity contribution in [1.29, 1.82) is 5.26 Å². The largest absolute Gasteiger partial charge is 0.493 e. The second-order valence-electron chi connectivity index (χ2n) is 5.96. The second-order valence-corrected chi connectivity index (χ2v) is 5.96. The molecule has 0 fully saturated rings. The van der Waals surface area contributed by atoms with E-state index in [0.717, 1.165) is 29.1 Å². The highest BCUT2D eigenvalue weighted by atomic mass is 16.5. The Morgan fingerprint density at radius 3 is 2.72 bits per heavy atom. The maximum absolute atomic E-state index is 10.7. The quantitative estimate of drug-likeness (QED) is 0.892. The fourth-order valence-corrected chi connectivity index (χ4v) is 2.99. The van der Waals surface area contributed by atoms with E-state index in [1.54, 1.807) is 12.1 Å². The van der Waals surface area contributed by atoms with E-state index in [4.69, 9.17) is 15.1 Å². The number of ether oxygens (including phenoxy) is 1. The highest BCUT2D eigenvalue weighted by molar-refractivity contribution is 5.66. The van der Waals surface area contributed by atoms with Crippen LogP contribution in [0.5, 0.6) is 5.75 Å². The third-order valence-electron chi connectivity index (χ3n) is 4.43. The molecule has 2 aromatic rings. The van der Waals surface area contributed by atoms with Crippen LogP contribution in [0, 0.1) is 11.3 Å². The molecule has 0 unspecified atom stereocenters. The van der Waals surface area contributed by atoms with Gasteiger partial charge >= 0.3 is 6.09 Å². The predicted molar refractivity (Wildman–Crippen MR) is 94.5 cm³/mol. The van der Waals surface area contributed by atoms with Crippen LogP contribution in [0.4, 0.5) is 16.2 Å². The van der Waals surface area contributed by atoms with Gasteiger partial charge in [-0.2, -0.15) is 5.26 Å². The number of anilines is 2. The fourth-order valence-electron chi connectivity index (χ4n) is 2.99. The molecule has 1 atom stereocenters. The summed E-state index contributed by atoms with van der Waals surface area (Å²) in [7, 11) is 1.95. The van der Waals surface area contributed by atoms with Crippen molar-refractivity contribution in [3.05, 3.63) is 53.6 Å². The van der Waals surface area contributed by atoms with Crippen LogP contribution < -0.4 is 15.0 Å². The van der Waals surface area contributed by atoms with Crippen molar-refractivity contribution in [2.75, 3.05) is 25.1 Å². The van der Waals surface area contributed by atoms with Crippen molar-refractivity contribution in [2.24, 2.45) is 0 Å². The van der Waals surface area contributed by atoms with Gasteiger partial charge in [-0.3, -0.25) is 0 Å². The van der Waals surface area contributed by atoms with Gasteiger partial charge in [-0.05, 0) is 42.3 Å². The van der Waals surface area contributed by atoms with E-state index in [1.807, 2.05) is 42.3 Å². The smallest absolute Gasteiger partial charge is 0.404 e. The standard InChI is InChI=1S/C19H19N3O3/c1-22(15-4-2-13(11-20)3-5-15)16-6-7-17-14(12-21-19(23)24)8-9-25-18(17)10-16/h2-7,10,14,21H,8-9,12H2,1H3,(H,23,24)/t14-/m0/s1. The van der Waals surface area contributed by atoms with Crippen molar-refractivity contribution in [3.8, 4) is 11.8 Å². The van der Waals surface area contributed by atoms with Gasteiger partial charge in [0.1, 0.15) is 5.75 Å². The van der Waals surface area contributed by atoms with Gasteiger partial charge in [0, 0.05) is 37.0 Å². The number of carboxylic acid groups (broad SMARTS) is 1. The van der Waals surface area contributed by atoms with Gasteiger partial charge in [-0.25, -0.2) is 4.79 Å². The fraction of sp³-hybridized carbons (Fsp3) is 0.263. The normalized spacial score (nSPS) is 15.4. The average molecular weight is 337 g/mol. The van der Waals surface area contributed by atoms with Crippen LogP contribution in [0.15, 0.2) is 42.5 Å². The minimum Gasteiger partial charge on any atom is -0.493 e. The topological polar surface area (TPSA) is 85.6 Å². The first-order valence-corrected chi connectivity index (χ1v) is 8.06. The highest BCUT2D eigenvalue weighted by Gasteiger charge is 2.22. The number of benzene rings is 2. The lowest BCUT2D eigenvalue weighted by Gasteiger charge is -2.28. The number of hydrogen-bond donors (Lipinski definition) is 2. The van der Waals surface area contributed by atoms with E-state index < -0.39 is 6.09 Å². The number of fused-ring (bicyclic) bond motifs is 1. The lowest BCUT2D eigenvalue weighted by Crippen LogP contribution is -2.29. The van der Waals surface area contributed by atoms with E-state index >= 15 is 0 Å². The molecule has 0 saturated carbocycles. The maximum atomic E-state index is 10.7. The van der Waals surface area contributed by atoms with Gasteiger partial charge in [-0.15, -0.1) is 0 Å². The molecule has 2 aromatic carbocycles. The van der Waals surface area contributed by atoms with Crippen molar-refractivity contribution >= 4 is 17.5 Å². The van der Waals surface area contributed by atoms with Crippen LogP contribution in [0.1, 0.15) is 23.5 Å². The van der Waals surface area contributed by atoms with Gasteiger partial charge in [0.2, 0.25) is 0 Å². The molecule has 1 aliphatic rings. The number of rotatable bonds is 4. The number of nitrogens with one attached hydrogen (secondary N) is 1. The first-order chi connectivity index (χ1) is 12.1. The van der Waals surface area contributed by atoms with Crippen LogP contribution in [-0.4, -0.2) is 31.4 Å². The van der Waals surface area contributed by atoms with E-state index in [2.05, 4.69) is 11.4 Å². The Bertz CT molecular complexity index is 812. The third-order valence-corrected chi connectivity index (χ3v) is 4.43. The maximum Gasteiger partial charge on any atom is 0.404 e. The predicted octanol–water partition coefficient (Wildman–Crippen LogP) is 3.46. The van der Waals surface area contributed by atoms with E-state index in [0.29, 0.717) is 18.7 Å². The van der Waals surface area contributed by atoms with Gasteiger partial charge < -0.3 is 20.1 Å². The number of nitrogens with zero attached hydrogens (tertiary/aromatic N) is 2. The number of nitriles is 1. The minimum absolute atomic E-state index is 0.120. The molecule has 0 aromatic heterocycles. The Labute approximate surface area is 146 Å². The van der Waals surface area contributed by atoms with Gasteiger partial charge in [0.05, 0.1) is 18.2 Å². The molecule has 0 saturated heterocycles. The molecular formula is C19H19N3O3. The lowest BCUT2D eigenvalue weighted by atomic mass is 9.92. The molecule has 1 aliphatic heterocycles. The molecule has 6 heteroatoms. The van der Waals surface area contributed by atoms with Crippen LogP contribution in [0.3, 0.4) is 0 Å². The first kappa shape index (κ1) is 16.7. The summed E-state index contributed by atoms with van der Waals surface area (Å²) >= 11 is 0. The van der Waals surface area contributed by atoms with Crippen molar-refractivity contribution < 1.29 is 14.6 Å². The molecule has 1 heterocycles. The zero-order valence-corrected chi connectivity index (χ0v) is 13.9. The number of hydrogen-bond acceptors (Lipinski definition) is 4. The third kappa shape index (κ3) is 3.66. The molecule has 128 valence electrons. The molecule has 0 radical (unpaired) electrons. The van der Waals surface area contributed by atoms with Gasteiger partial charge in [0.25, 0.3) is 0 Å². The zero-order valence-electron chi connectivity index (χ0n) is 13.9. The number of carbonyl (C=O) groups is 1. The molecule has 6 nitrogen and oxygen atoms in total. The molecular weight excluding hydrogens is 318 g/mol. The molecule has 0 spiro atoms. The molecule has 0 bridgehead atoms. The summed E-state index contributed by atoms with van der Waals surface area (Å²) in [6, 6.07) is 15.5. The molecule has 2 N–H and O–H groups in total. The summed E-state index contributed by atoms with van der Waals surface area (Å²) in [5, 5.41) is 20.2. The molecule has 3 rings (SSSR count). The summed E-state index contributed by atoms with van der Waals surface area (Å²) in [6.45, 7) is 0.958. The summed E-state index contributed by atoms with van der Waals surface area (Å²) in [6.07, 6.45) is -0.219.